The van der Waals surface area contributed by atoms with Gasteiger partial charge in [-0.2, -0.15) is 0 Å². The van der Waals surface area contributed by atoms with Crippen molar-refractivity contribution in [2.45, 2.75) is 0 Å². The molecular formula is C13H10ClNO3S. The fraction of sp³-hybridized carbons (Fsp3) is 0.0769. The molecule has 98 valence electrons. The Hall–Kier alpha value is -1.85. The van der Waals surface area contributed by atoms with Gasteiger partial charge in [0, 0.05) is 0 Å². The Kier molecular flexibility index (Phi) is 4.19. The molecule has 0 aliphatic carbocycles. The van der Waals surface area contributed by atoms with Crippen LogP contribution in [-0.2, 0) is 4.74 Å². The molecule has 0 atom stereocenters. The molecule has 0 spiro atoms. The van der Waals surface area contributed by atoms with Crippen LogP contribution in [0, 0.1) is 0 Å². The summed E-state index contributed by atoms with van der Waals surface area (Å²) >= 11 is 7.31. The third-order valence-electron chi connectivity index (χ3n) is 2.38. The van der Waals surface area contributed by atoms with Gasteiger partial charge in [-0.15, -0.1) is 11.3 Å². The van der Waals surface area contributed by atoms with Gasteiger partial charge >= 0.3 is 5.97 Å². The zero-order valence-corrected chi connectivity index (χ0v) is 11.5. The minimum atomic E-state index is -0.483. The van der Waals surface area contributed by atoms with Gasteiger partial charge < -0.3 is 10.1 Å². The highest BCUT2D eigenvalue weighted by Crippen LogP contribution is 2.24. The number of esters is 1. The quantitative estimate of drug-likeness (QED) is 0.883. The molecule has 0 saturated carbocycles. The summed E-state index contributed by atoms with van der Waals surface area (Å²) in [6.45, 7) is 0. The number of halogens is 1. The maximum absolute atomic E-state index is 11.9. The lowest BCUT2D eigenvalue weighted by molar-refractivity contribution is 0.0600. The first-order chi connectivity index (χ1) is 9.11. The summed E-state index contributed by atoms with van der Waals surface area (Å²) in [6, 6.07) is 8.05. The normalized spacial score (nSPS) is 10.0. The van der Waals surface area contributed by atoms with Crippen molar-refractivity contribution >= 4 is 40.5 Å². The number of amides is 1. The number of nitrogens with one attached hydrogen (secondary N) is 1. The molecule has 4 nitrogen and oxygen atoms in total. The lowest BCUT2D eigenvalue weighted by Gasteiger charge is -2.08. The monoisotopic (exact) mass is 295 g/mol. The molecule has 19 heavy (non-hydrogen) atoms. The second kappa shape index (κ2) is 5.86. The zero-order valence-electron chi connectivity index (χ0n) is 9.98. The highest BCUT2D eigenvalue weighted by atomic mass is 35.5. The highest BCUT2D eigenvalue weighted by molar-refractivity contribution is 7.12. The largest absolute Gasteiger partial charge is 0.465 e. The van der Waals surface area contributed by atoms with Gasteiger partial charge in [0.2, 0.25) is 0 Å². The number of thiophene rings is 1. The average molecular weight is 296 g/mol. The molecule has 1 aromatic carbocycles. The van der Waals surface area contributed by atoms with Gasteiger partial charge in [-0.25, -0.2) is 4.79 Å². The fourth-order valence-electron chi connectivity index (χ4n) is 1.46. The standard InChI is InChI=1S/C13H10ClNO3S/c1-18-13(17)8-4-5-9(14)10(7-8)15-12(16)11-3-2-6-19-11/h2-7H,1H3,(H,15,16). The van der Waals surface area contributed by atoms with Crippen LogP contribution in [0.25, 0.3) is 0 Å². The van der Waals surface area contributed by atoms with Gasteiger partial charge in [-0.05, 0) is 29.6 Å². The van der Waals surface area contributed by atoms with Crippen molar-refractivity contribution < 1.29 is 14.3 Å². The van der Waals surface area contributed by atoms with E-state index in [2.05, 4.69) is 10.1 Å². The summed E-state index contributed by atoms with van der Waals surface area (Å²) in [5.41, 5.74) is 0.705. The van der Waals surface area contributed by atoms with Crippen molar-refractivity contribution in [1.82, 2.24) is 0 Å². The van der Waals surface area contributed by atoms with Crippen LogP contribution >= 0.6 is 22.9 Å². The number of carbonyl (C=O) groups excluding carboxylic acids is 2. The van der Waals surface area contributed by atoms with E-state index >= 15 is 0 Å². The molecule has 0 bridgehead atoms. The number of methoxy groups -OCH3 is 1. The lowest BCUT2D eigenvalue weighted by atomic mass is 10.2. The van der Waals surface area contributed by atoms with E-state index in [-0.39, 0.29) is 5.91 Å². The van der Waals surface area contributed by atoms with Crippen molar-refractivity contribution in [2.75, 3.05) is 12.4 Å². The molecule has 6 heteroatoms. The summed E-state index contributed by atoms with van der Waals surface area (Å²) in [5.74, 6) is -0.748. The number of hydrogen-bond acceptors (Lipinski definition) is 4. The maximum Gasteiger partial charge on any atom is 0.337 e. The minimum absolute atomic E-state index is 0.265. The Morgan fingerprint density at radius 1 is 1.32 bits per heavy atom. The van der Waals surface area contributed by atoms with E-state index in [1.807, 2.05) is 0 Å². The number of benzene rings is 1. The van der Waals surface area contributed by atoms with Crippen molar-refractivity contribution in [3.8, 4) is 0 Å². The molecule has 1 heterocycles. The number of hydrogen-bond donors (Lipinski definition) is 1. The minimum Gasteiger partial charge on any atom is -0.465 e. The molecule has 0 aliphatic rings. The molecule has 1 N–H and O–H groups in total. The molecule has 1 amide bonds. The van der Waals surface area contributed by atoms with E-state index < -0.39 is 5.97 Å². The van der Waals surface area contributed by atoms with Gasteiger partial charge in [-0.1, -0.05) is 17.7 Å². The summed E-state index contributed by atoms with van der Waals surface area (Å²) in [7, 11) is 1.29. The second-order valence-corrected chi connectivity index (χ2v) is 4.97. The topological polar surface area (TPSA) is 55.4 Å². The summed E-state index contributed by atoms with van der Waals surface area (Å²) in [4.78, 5) is 23.9. The number of ether oxygens (including phenoxy) is 1. The number of rotatable bonds is 3. The average Bonchev–Trinajstić information content (AvgIpc) is 2.94. The fourth-order valence-corrected chi connectivity index (χ4v) is 2.24. The molecular weight excluding hydrogens is 286 g/mol. The van der Waals surface area contributed by atoms with Crippen LogP contribution < -0.4 is 5.32 Å². The molecule has 0 aliphatic heterocycles. The van der Waals surface area contributed by atoms with E-state index in [0.717, 1.165) is 0 Å². The Morgan fingerprint density at radius 3 is 2.74 bits per heavy atom. The predicted octanol–water partition coefficient (Wildman–Crippen LogP) is 3.44. The summed E-state index contributed by atoms with van der Waals surface area (Å²) in [6.07, 6.45) is 0. The maximum atomic E-state index is 11.9. The number of carbonyl (C=O) groups is 2. The first-order valence-electron chi connectivity index (χ1n) is 5.34. The van der Waals surface area contributed by atoms with Crippen molar-refractivity contribution in [2.24, 2.45) is 0 Å². The van der Waals surface area contributed by atoms with Crippen LogP contribution in [0.4, 0.5) is 5.69 Å². The second-order valence-electron chi connectivity index (χ2n) is 3.62. The zero-order chi connectivity index (χ0) is 13.8. The Bertz CT molecular complexity index is 610. The van der Waals surface area contributed by atoms with Gasteiger partial charge in [-0.3, -0.25) is 4.79 Å². The molecule has 0 saturated heterocycles. The third kappa shape index (κ3) is 3.13. The summed E-state index contributed by atoms with van der Waals surface area (Å²) in [5, 5.41) is 4.83. The highest BCUT2D eigenvalue weighted by Gasteiger charge is 2.12. The van der Waals surface area contributed by atoms with E-state index in [0.29, 0.717) is 21.2 Å². The number of anilines is 1. The van der Waals surface area contributed by atoms with Crippen LogP contribution in [0.2, 0.25) is 5.02 Å². The lowest BCUT2D eigenvalue weighted by Crippen LogP contribution is -2.11. The first-order valence-corrected chi connectivity index (χ1v) is 6.60. The molecule has 0 fully saturated rings. The molecule has 0 radical (unpaired) electrons. The Balaban J connectivity index is 2.24. The van der Waals surface area contributed by atoms with E-state index in [9.17, 15) is 9.59 Å². The Labute approximate surface area is 119 Å². The van der Waals surface area contributed by atoms with E-state index in [1.165, 1.54) is 36.6 Å². The predicted molar refractivity (Wildman–Crippen MR) is 75.1 cm³/mol. The van der Waals surface area contributed by atoms with Gasteiger partial charge in [0.1, 0.15) is 0 Å². The van der Waals surface area contributed by atoms with Crippen molar-refractivity contribution in [3.05, 3.63) is 51.2 Å². The van der Waals surface area contributed by atoms with Crippen LogP contribution in [0.5, 0.6) is 0 Å². The van der Waals surface area contributed by atoms with Crippen LogP contribution in [0.3, 0.4) is 0 Å². The molecule has 2 rings (SSSR count). The summed E-state index contributed by atoms with van der Waals surface area (Å²) < 4.78 is 4.62. The van der Waals surface area contributed by atoms with Crippen molar-refractivity contribution in [1.29, 1.82) is 0 Å². The first kappa shape index (κ1) is 13.6. The smallest absolute Gasteiger partial charge is 0.337 e. The SMILES string of the molecule is COC(=O)c1ccc(Cl)c(NC(=O)c2cccs2)c1. The van der Waals surface area contributed by atoms with Gasteiger partial charge in [0.05, 0.1) is 28.3 Å². The van der Waals surface area contributed by atoms with Crippen LogP contribution in [0.15, 0.2) is 35.7 Å². The third-order valence-corrected chi connectivity index (χ3v) is 3.58. The Morgan fingerprint density at radius 2 is 2.11 bits per heavy atom. The van der Waals surface area contributed by atoms with Gasteiger partial charge in [0.25, 0.3) is 5.91 Å². The van der Waals surface area contributed by atoms with Crippen molar-refractivity contribution in [3.63, 3.8) is 0 Å². The molecule has 0 unspecified atom stereocenters. The van der Waals surface area contributed by atoms with Gasteiger partial charge in [0.15, 0.2) is 0 Å². The molecule has 1 aromatic heterocycles. The van der Waals surface area contributed by atoms with Crippen LogP contribution in [-0.4, -0.2) is 19.0 Å². The van der Waals surface area contributed by atoms with E-state index in [4.69, 9.17) is 11.6 Å². The van der Waals surface area contributed by atoms with Crippen LogP contribution in [0.1, 0.15) is 20.0 Å². The molecule has 2 aromatic rings. The van der Waals surface area contributed by atoms with E-state index in [1.54, 1.807) is 17.5 Å².